The number of tetrazole rings is 1. The van der Waals surface area contributed by atoms with Crippen LogP contribution in [0, 0.1) is 0 Å². The molecule has 1 fully saturated rings. The van der Waals surface area contributed by atoms with Crippen LogP contribution in [0.25, 0.3) is 10.9 Å². The number of carbonyl (C=O) groups is 1. The molecule has 4 aromatic rings. The number of piperazine rings is 1. The van der Waals surface area contributed by atoms with E-state index in [4.69, 9.17) is 10.9 Å². The molecule has 3 aromatic heterocycles. The number of fused-ring (bicyclic) bond motifs is 2. The standard InChI is InChI=1S/C23H27N11O4S2/c1-12-6-17-18(10-25-12)39-22(27-17)23(35)34-5-4-33(11-15(34)9-19-28-31-32-29-19)40(37,38)20-8-14-7-13(21(24)30-36)2-3-16(14)26-20/h2-3,7-8,12,15,25-26,36H,4-6,9-11H2,1H3,(H2,24,30)(H,28,29,31,32). The van der Waals surface area contributed by atoms with Crippen molar-refractivity contribution in [1.82, 2.24) is 45.1 Å². The molecule has 0 spiro atoms. The van der Waals surface area contributed by atoms with E-state index in [9.17, 15) is 13.2 Å². The number of thiazole rings is 1. The molecule has 210 valence electrons. The fraction of sp³-hybridized carbons (Fsp3) is 0.391. The molecule has 17 heteroatoms. The van der Waals surface area contributed by atoms with Crippen molar-refractivity contribution in [3.8, 4) is 0 Å². The van der Waals surface area contributed by atoms with Gasteiger partial charge in [-0.3, -0.25) is 4.79 Å². The van der Waals surface area contributed by atoms with Crippen molar-refractivity contribution in [2.75, 3.05) is 19.6 Å². The number of aromatic amines is 2. The van der Waals surface area contributed by atoms with Crippen LogP contribution in [0.15, 0.2) is 34.4 Å². The van der Waals surface area contributed by atoms with Gasteiger partial charge in [0.05, 0.1) is 11.7 Å². The highest BCUT2D eigenvalue weighted by molar-refractivity contribution is 7.89. The normalized spacial score (nSPS) is 20.6. The highest BCUT2D eigenvalue weighted by Gasteiger charge is 2.39. The summed E-state index contributed by atoms with van der Waals surface area (Å²) in [4.78, 5) is 24.0. The van der Waals surface area contributed by atoms with E-state index in [0.29, 0.717) is 33.8 Å². The maximum absolute atomic E-state index is 13.7. The third-order valence-corrected chi connectivity index (χ3v) is 10.1. The lowest BCUT2D eigenvalue weighted by atomic mass is 10.1. The SMILES string of the molecule is CC1Cc2nc(C(=O)N3CCN(S(=O)(=O)c4cc5cc(/C(N)=N/O)ccc5[nH]4)CC3Cc3nn[nH]n3)sc2CN1. The molecule has 6 rings (SSSR count). The maximum Gasteiger partial charge on any atom is 0.283 e. The van der Waals surface area contributed by atoms with Crippen LogP contribution >= 0.6 is 11.3 Å². The van der Waals surface area contributed by atoms with Gasteiger partial charge in [0.15, 0.2) is 16.7 Å². The maximum atomic E-state index is 13.7. The lowest BCUT2D eigenvalue weighted by Gasteiger charge is -2.39. The van der Waals surface area contributed by atoms with Crippen LogP contribution in [-0.4, -0.2) is 96.9 Å². The van der Waals surface area contributed by atoms with Gasteiger partial charge in [-0.25, -0.2) is 13.4 Å². The number of H-pyrrole nitrogens is 2. The number of hydrogen-bond acceptors (Lipinski definition) is 11. The zero-order valence-corrected chi connectivity index (χ0v) is 23.0. The molecule has 2 atom stereocenters. The summed E-state index contributed by atoms with van der Waals surface area (Å²) in [6.45, 7) is 3.07. The third kappa shape index (κ3) is 4.80. The molecule has 0 radical (unpaired) electrons. The number of sulfonamides is 1. The Kier molecular flexibility index (Phi) is 6.73. The molecular formula is C23H27N11O4S2. The monoisotopic (exact) mass is 585 g/mol. The number of amidine groups is 1. The molecule has 15 nitrogen and oxygen atoms in total. The Bertz CT molecular complexity index is 1700. The van der Waals surface area contributed by atoms with E-state index in [0.717, 1.165) is 17.0 Å². The van der Waals surface area contributed by atoms with Gasteiger partial charge in [-0.15, -0.1) is 21.5 Å². The second kappa shape index (κ2) is 10.2. The number of nitrogens with zero attached hydrogens (tertiary/aromatic N) is 7. The fourth-order valence-corrected chi connectivity index (χ4v) is 7.57. The zero-order valence-electron chi connectivity index (χ0n) is 21.4. The summed E-state index contributed by atoms with van der Waals surface area (Å²) in [5.74, 6) is 0.0584. The number of hydrogen-bond donors (Lipinski definition) is 5. The van der Waals surface area contributed by atoms with E-state index >= 15 is 0 Å². The predicted octanol–water partition coefficient (Wildman–Crippen LogP) is 0.0242. The van der Waals surface area contributed by atoms with Gasteiger partial charge >= 0.3 is 0 Å². The first kappa shape index (κ1) is 26.3. The minimum atomic E-state index is -3.95. The average Bonchev–Trinajstić information content (AvgIpc) is 3.71. The number of amides is 1. The molecule has 6 N–H and O–H groups in total. The van der Waals surface area contributed by atoms with Crippen LogP contribution in [-0.2, 0) is 29.4 Å². The Hall–Kier alpha value is -3.93. The number of oxime groups is 1. The zero-order chi connectivity index (χ0) is 28.0. The van der Waals surface area contributed by atoms with Gasteiger partial charge < -0.3 is 26.1 Å². The minimum absolute atomic E-state index is 0.00599. The van der Waals surface area contributed by atoms with Crippen molar-refractivity contribution in [3.05, 3.63) is 51.2 Å². The first-order valence-corrected chi connectivity index (χ1v) is 14.8. The van der Waals surface area contributed by atoms with E-state index in [1.54, 1.807) is 23.1 Å². The molecule has 1 amide bonds. The number of nitrogens with two attached hydrogens (primary N) is 1. The highest BCUT2D eigenvalue weighted by Crippen LogP contribution is 2.28. The van der Waals surface area contributed by atoms with Gasteiger partial charge in [0.25, 0.3) is 15.9 Å². The Morgan fingerprint density at radius 2 is 2.15 bits per heavy atom. The van der Waals surface area contributed by atoms with Gasteiger partial charge in [0, 0.05) is 66.4 Å². The van der Waals surface area contributed by atoms with E-state index < -0.39 is 16.1 Å². The molecule has 0 saturated carbocycles. The molecule has 2 aliphatic rings. The smallest absolute Gasteiger partial charge is 0.283 e. The van der Waals surface area contributed by atoms with E-state index in [2.05, 4.69) is 48.0 Å². The van der Waals surface area contributed by atoms with E-state index in [1.165, 1.54) is 21.7 Å². The second-order valence-electron chi connectivity index (χ2n) is 9.84. The Labute approximate surface area is 232 Å². The fourth-order valence-electron chi connectivity index (χ4n) is 5.09. The molecule has 1 aromatic carbocycles. The van der Waals surface area contributed by atoms with Gasteiger partial charge in [-0.1, -0.05) is 10.4 Å². The average molecular weight is 586 g/mol. The van der Waals surface area contributed by atoms with Crippen LogP contribution in [0.1, 0.15) is 38.7 Å². The van der Waals surface area contributed by atoms with Crippen molar-refractivity contribution >= 4 is 44.0 Å². The quantitative estimate of drug-likeness (QED) is 0.0886. The predicted molar refractivity (Wildman–Crippen MR) is 144 cm³/mol. The summed E-state index contributed by atoms with van der Waals surface area (Å²) < 4.78 is 28.8. The molecule has 0 bridgehead atoms. The van der Waals surface area contributed by atoms with Crippen LogP contribution in [0.4, 0.5) is 0 Å². The number of benzene rings is 1. The van der Waals surface area contributed by atoms with Gasteiger partial charge in [-0.2, -0.15) is 9.52 Å². The topological polar surface area (TPSA) is 211 Å². The molecule has 5 heterocycles. The Morgan fingerprint density at radius 1 is 1.30 bits per heavy atom. The number of rotatable bonds is 6. The first-order chi connectivity index (χ1) is 19.2. The molecule has 2 aliphatic heterocycles. The minimum Gasteiger partial charge on any atom is -0.409 e. The van der Waals surface area contributed by atoms with Crippen molar-refractivity contribution < 1.29 is 18.4 Å². The van der Waals surface area contributed by atoms with Gasteiger partial charge in [-0.05, 0) is 31.2 Å². The summed E-state index contributed by atoms with van der Waals surface area (Å²) in [5.41, 5.74) is 7.66. The Balaban J connectivity index is 1.27. The second-order valence-corrected chi connectivity index (χ2v) is 12.8. The van der Waals surface area contributed by atoms with Crippen molar-refractivity contribution in [1.29, 1.82) is 0 Å². The number of nitrogens with one attached hydrogen (secondary N) is 3. The van der Waals surface area contributed by atoms with Gasteiger partial charge in [0.1, 0.15) is 5.03 Å². The number of carbonyl (C=O) groups excluding carboxylic acids is 1. The molecule has 2 unspecified atom stereocenters. The van der Waals surface area contributed by atoms with Crippen molar-refractivity contribution in [2.45, 2.75) is 43.4 Å². The summed E-state index contributed by atoms with van der Waals surface area (Å²) in [6.07, 6.45) is 0.969. The first-order valence-electron chi connectivity index (χ1n) is 12.6. The van der Waals surface area contributed by atoms with E-state index in [-0.39, 0.29) is 48.9 Å². The van der Waals surface area contributed by atoms with Gasteiger partial charge in [0.2, 0.25) is 0 Å². The Morgan fingerprint density at radius 3 is 2.92 bits per heavy atom. The molecule has 1 saturated heterocycles. The van der Waals surface area contributed by atoms with Crippen LogP contribution in [0.3, 0.4) is 0 Å². The molecular weight excluding hydrogens is 558 g/mol. The highest BCUT2D eigenvalue weighted by atomic mass is 32.2. The lowest BCUT2D eigenvalue weighted by molar-refractivity contribution is 0.0561. The van der Waals surface area contributed by atoms with Crippen LogP contribution < -0.4 is 11.1 Å². The summed E-state index contributed by atoms with van der Waals surface area (Å²) in [7, 11) is -3.95. The molecule has 0 aliphatic carbocycles. The summed E-state index contributed by atoms with van der Waals surface area (Å²) in [6, 6.07) is 6.19. The summed E-state index contributed by atoms with van der Waals surface area (Å²) >= 11 is 1.38. The number of aromatic nitrogens is 6. The molecule has 40 heavy (non-hydrogen) atoms. The third-order valence-electron chi connectivity index (χ3n) is 7.20. The van der Waals surface area contributed by atoms with Crippen LogP contribution in [0.5, 0.6) is 0 Å². The summed E-state index contributed by atoms with van der Waals surface area (Å²) in [5, 5.41) is 30.4. The largest absolute Gasteiger partial charge is 0.409 e. The van der Waals surface area contributed by atoms with Crippen LogP contribution in [0.2, 0.25) is 0 Å². The lowest BCUT2D eigenvalue weighted by Crippen LogP contribution is -2.57. The van der Waals surface area contributed by atoms with Crippen molar-refractivity contribution in [3.63, 3.8) is 0 Å². The van der Waals surface area contributed by atoms with E-state index in [1.807, 2.05) is 0 Å². The van der Waals surface area contributed by atoms with Crippen molar-refractivity contribution in [2.24, 2.45) is 10.9 Å².